The van der Waals surface area contributed by atoms with Crippen LogP contribution in [0.2, 0.25) is 0 Å². The van der Waals surface area contributed by atoms with Gasteiger partial charge in [-0.1, -0.05) is 24.1 Å². The number of nitriles is 1. The van der Waals surface area contributed by atoms with Crippen molar-refractivity contribution in [3.63, 3.8) is 0 Å². The van der Waals surface area contributed by atoms with Crippen LogP contribution >= 0.6 is 0 Å². The van der Waals surface area contributed by atoms with Gasteiger partial charge in [0.2, 0.25) is 0 Å². The minimum Gasteiger partial charge on any atom is -0.352 e. The second-order valence-electron chi connectivity index (χ2n) is 7.34. The Morgan fingerprint density at radius 2 is 2.00 bits per heavy atom. The van der Waals surface area contributed by atoms with E-state index in [1.165, 1.54) is 29.0 Å². The van der Waals surface area contributed by atoms with Crippen LogP contribution in [0.15, 0.2) is 35.3 Å². The van der Waals surface area contributed by atoms with Crippen LogP contribution in [-0.2, 0) is 5.54 Å². The van der Waals surface area contributed by atoms with Gasteiger partial charge in [-0.3, -0.25) is 9.36 Å². The number of benzene rings is 1. The number of anilines is 1. The molecule has 0 radical (unpaired) electrons. The third kappa shape index (κ3) is 3.49. The summed E-state index contributed by atoms with van der Waals surface area (Å²) in [6, 6.07) is 5.97. The van der Waals surface area contributed by atoms with Crippen molar-refractivity contribution in [2.45, 2.75) is 37.8 Å². The first-order valence-electron chi connectivity index (χ1n) is 9.41. The fourth-order valence-electron chi connectivity index (χ4n) is 3.49. The van der Waals surface area contributed by atoms with Crippen LogP contribution in [0.3, 0.4) is 0 Å². The molecule has 0 saturated heterocycles. The molecular formula is C22H16F3N5O. The van der Waals surface area contributed by atoms with E-state index in [1.807, 2.05) is 0 Å². The van der Waals surface area contributed by atoms with Gasteiger partial charge in [-0.25, -0.2) is 23.1 Å². The number of nitrogens with one attached hydrogen (secondary N) is 1. The number of rotatable bonds is 5. The van der Waals surface area contributed by atoms with Gasteiger partial charge in [0.25, 0.3) is 12.0 Å². The molecule has 2 aromatic heterocycles. The Hall–Kier alpha value is -3.85. The molecule has 0 unspecified atom stereocenters. The second-order valence-corrected chi connectivity index (χ2v) is 7.34. The van der Waals surface area contributed by atoms with Crippen molar-refractivity contribution < 1.29 is 13.2 Å². The highest BCUT2D eigenvalue weighted by Gasteiger charge is 2.46. The van der Waals surface area contributed by atoms with E-state index in [0.717, 1.165) is 6.07 Å². The van der Waals surface area contributed by atoms with Crippen molar-refractivity contribution in [1.29, 1.82) is 5.26 Å². The van der Waals surface area contributed by atoms with Crippen molar-refractivity contribution in [3.8, 4) is 18.4 Å². The predicted molar refractivity (Wildman–Crippen MR) is 108 cm³/mol. The van der Waals surface area contributed by atoms with Gasteiger partial charge in [-0.15, -0.1) is 6.42 Å². The molecule has 6 nitrogen and oxygen atoms in total. The normalized spacial score (nSPS) is 15.3. The number of hydrogen-bond donors (Lipinski definition) is 1. The SMILES string of the molecule is C#C[C@@H](Nc1nc(C)nc2cc(=O)n(C3(C#N)CC3)cc12)c1cccc(C(F)F)c1F. The van der Waals surface area contributed by atoms with Crippen LogP contribution in [0.25, 0.3) is 10.9 Å². The van der Waals surface area contributed by atoms with Gasteiger partial charge in [0.1, 0.15) is 29.0 Å². The number of nitrogens with zero attached hydrogens (tertiary/aromatic N) is 4. The summed E-state index contributed by atoms with van der Waals surface area (Å²) >= 11 is 0. The van der Waals surface area contributed by atoms with Crippen molar-refractivity contribution in [2.24, 2.45) is 0 Å². The van der Waals surface area contributed by atoms with Gasteiger partial charge in [-0.2, -0.15) is 5.26 Å². The Morgan fingerprint density at radius 3 is 2.61 bits per heavy atom. The molecular weight excluding hydrogens is 407 g/mol. The molecule has 1 saturated carbocycles. The Kier molecular flexibility index (Phi) is 4.90. The number of hydrogen-bond acceptors (Lipinski definition) is 5. The van der Waals surface area contributed by atoms with E-state index >= 15 is 0 Å². The van der Waals surface area contributed by atoms with Crippen LogP contribution < -0.4 is 10.9 Å². The standard InChI is InChI=1S/C22H16F3N5O/c1-3-16(13-5-4-6-14(19(13)23)20(24)25)29-21-15-10-30(22(11-26)7-8-22)18(31)9-17(15)27-12(2)28-21/h1,4-6,9-10,16,20H,7-8H2,2H3,(H,27,28,29)/t16-/m1/s1. The van der Waals surface area contributed by atoms with E-state index in [2.05, 4.69) is 27.3 Å². The molecule has 31 heavy (non-hydrogen) atoms. The van der Waals surface area contributed by atoms with Gasteiger partial charge in [0, 0.05) is 17.8 Å². The second kappa shape index (κ2) is 7.44. The molecule has 1 aliphatic carbocycles. The minimum absolute atomic E-state index is 0.131. The number of terminal acetylenes is 1. The molecule has 9 heteroatoms. The first-order valence-corrected chi connectivity index (χ1v) is 9.41. The van der Waals surface area contributed by atoms with Gasteiger partial charge < -0.3 is 5.32 Å². The summed E-state index contributed by atoms with van der Waals surface area (Å²) in [6.07, 6.45) is 5.16. The third-order valence-corrected chi connectivity index (χ3v) is 5.29. The Labute approximate surface area is 175 Å². The lowest BCUT2D eigenvalue weighted by Gasteiger charge is -2.19. The number of alkyl halides is 2. The molecule has 2 heterocycles. The fraction of sp³-hybridized carbons (Fsp3) is 0.273. The molecule has 4 rings (SSSR count). The molecule has 0 amide bonds. The molecule has 156 valence electrons. The fourth-order valence-corrected chi connectivity index (χ4v) is 3.49. The summed E-state index contributed by atoms with van der Waals surface area (Å²) in [7, 11) is 0. The number of fused-ring (bicyclic) bond motifs is 1. The highest BCUT2D eigenvalue weighted by molar-refractivity contribution is 5.88. The smallest absolute Gasteiger partial charge is 0.266 e. The number of aryl methyl sites for hydroxylation is 1. The molecule has 1 atom stereocenters. The van der Waals surface area contributed by atoms with Crippen molar-refractivity contribution in [1.82, 2.24) is 14.5 Å². The zero-order valence-electron chi connectivity index (χ0n) is 16.4. The predicted octanol–water partition coefficient (Wildman–Crippen LogP) is 3.98. The summed E-state index contributed by atoms with van der Waals surface area (Å²) in [4.78, 5) is 21.1. The van der Waals surface area contributed by atoms with Gasteiger partial charge >= 0.3 is 0 Å². The monoisotopic (exact) mass is 423 g/mol. The lowest BCUT2D eigenvalue weighted by Crippen LogP contribution is -2.28. The summed E-state index contributed by atoms with van der Waals surface area (Å²) in [5, 5.41) is 12.8. The molecule has 0 bridgehead atoms. The van der Waals surface area contributed by atoms with Crippen molar-refractivity contribution in [3.05, 3.63) is 63.6 Å². The van der Waals surface area contributed by atoms with E-state index in [4.69, 9.17) is 6.42 Å². The minimum atomic E-state index is -2.99. The molecule has 0 aliphatic heterocycles. The number of pyridine rings is 1. The van der Waals surface area contributed by atoms with Crippen LogP contribution in [0, 0.1) is 36.4 Å². The van der Waals surface area contributed by atoms with Gasteiger partial charge in [0.15, 0.2) is 0 Å². The first-order chi connectivity index (χ1) is 14.8. The Balaban J connectivity index is 1.84. The van der Waals surface area contributed by atoms with E-state index < -0.39 is 29.4 Å². The van der Waals surface area contributed by atoms with Crippen LogP contribution in [0.1, 0.15) is 42.3 Å². The molecule has 1 aliphatic rings. The highest BCUT2D eigenvalue weighted by Crippen LogP contribution is 2.42. The van der Waals surface area contributed by atoms with E-state index in [0.29, 0.717) is 29.6 Å². The van der Waals surface area contributed by atoms with E-state index in [-0.39, 0.29) is 16.9 Å². The largest absolute Gasteiger partial charge is 0.352 e. The lowest BCUT2D eigenvalue weighted by atomic mass is 10.0. The Bertz CT molecular complexity index is 1330. The summed E-state index contributed by atoms with van der Waals surface area (Å²) in [6.45, 7) is 1.61. The van der Waals surface area contributed by atoms with E-state index in [1.54, 1.807) is 6.92 Å². The van der Waals surface area contributed by atoms with E-state index in [9.17, 15) is 23.2 Å². The van der Waals surface area contributed by atoms with Crippen molar-refractivity contribution >= 4 is 16.7 Å². The number of halogens is 3. The lowest BCUT2D eigenvalue weighted by molar-refractivity contribution is 0.146. The summed E-state index contributed by atoms with van der Waals surface area (Å²) < 4.78 is 42.2. The molecule has 3 aromatic rings. The first kappa shape index (κ1) is 20.4. The topological polar surface area (TPSA) is 83.6 Å². The number of aromatic nitrogens is 3. The maximum absolute atomic E-state index is 14.7. The molecule has 1 fully saturated rings. The van der Waals surface area contributed by atoms with Gasteiger partial charge in [0.05, 0.1) is 22.5 Å². The summed E-state index contributed by atoms with van der Waals surface area (Å²) in [5.74, 6) is 1.79. The van der Waals surface area contributed by atoms with Crippen molar-refractivity contribution in [2.75, 3.05) is 5.32 Å². The molecule has 1 N–H and O–H groups in total. The maximum Gasteiger partial charge on any atom is 0.266 e. The Morgan fingerprint density at radius 1 is 1.29 bits per heavy atom. The summed E-state index contributed by atoms with van der Waals surface area (Å²) in [5.41, 5.74) is -1.84. The van der Waals surface area contributed by atoms with Gasteiger partial charge in [-0.05, 0) is 19.8 Å². The average molecular weight is 423 g/mol. The zero-order valence-corrected chi connectivity index (χ0v) is 16.4. The zero-order chi connectivity index (χ0) is 22.3. The van der Waals surface area contributed by atoms with Crippen LogP contribution in [0.4, 0.5) is 19.0 Å². The molecule has 1 aromatic carbocycles. The average Bonchev–Trinajstić information content (AvgIpc) is 3.52. The maximum atomic E-state index is 14.7. The quantitative estimate of drug-likeness (QED) is 0.628. The van der Waals surface area contributed by atoms with Crippen LogP contribution in [-0.4, -0.2) is 14.5 Å². The highest BCUT2D eigenvalue weighted by atomic mass is 19.3. The third-order valence-electron chi connectivity index (χ3n) is 5.29. The van der Waals surface area contributed by atoms with Crippen LogP contribution in [0.5, 0.6) is 0 Å². The molecule has 0 spiro atoms.